The summed E-state index contributed by atoms with van der Waals surface area (Å²) in [5.41, 5.74) is 0.866. The number of rotatable bonds is 3. The zero-order chi connectivity index (χ0) is 10.7. The Bertz CT molecular complexity index is 440. The van der Waals surface area contributed by atoms with E-state index in [1.54, 1.807) is 17.9 Å². The highest BCUT2D eigenvalue weighted by molar-refractivity contribution is 7.98. The molecule has 6 heteroatoms. The van der Waals surface area contributed by atoms with Crippen molar-refractivity contribution < 1.29 is 4.74 Å². The number of aromatic nitrogens is 4. The number of hydrogen-bond acceptors (Lipinski definition) is 5. The third kappa shape index (κ3) is 1.94. The van der Waals surface area contributed by atoms with Gasteiger partial charge in [0, 0.05) is 6.07 Å². The topological polar surface area (TPSA) is 52.8 Å². The molecule has 0 amide bonds. The summed E-state index contributed by atoms with van der Waals surface area (Å²) < 4.78 is 6.67. The number of nitrogens with zero attached hydrogens (tertiary/aromatic N) is 4. The molecule has 0 aliphatic rings. The molecule has 1 aromatic carbocycles. The van der Waals surface area contributed by atoms with Crippen LogP contribution >= 0.6 is 11.8 Å². The van der Waals surface area contributed by atoms with Gasteiger partial charge >= 0.3 is 0 Å². The molecule has 1 aromatic heterocycles. The Kier molecular flexibility index (Phi) is 2.86. The van der Waals surface area contributed by atoms with Gasteiger partial charge in [0.05, 0.1) is 12.8 Å². The highest BCUT2D eigenvalue weighted by Crippen LogP contribution is 2.17. The quantitative estimate of drug-likeness (QED) is 0.729. The summed E-state index contributed by atoms with van der Waals surface area (Å²) in [4.78, 5) is 0. The molecule has 0 aliphatic carbocycles. The molecule has 0 atom stereocenters. The number of tetrazole rings is 1. The maximum atomic E-state index is 5.02. The fourth-order valence-corrected chi connectivity index (χ4v) is 1.56. The van der Waals surface area contributed by atoms with Gasteiger partial charge in [0.2, 0.25) is 5.16 Å². The summed E-state index contributed by atoms with van der Waals surface area (Å²) in [6, 6.07) is 8.47. The Morgan fingerprint density at radius 1 is 1.47 bits per heavy atom. The van der Waals surface area contributed by atoms with E-state index in [4.69, 9.17) is 4.74 Å². The van der Waals surface area contributed by atoms with Crippen molar-refractivity contribution in [2.75, 3.05) is 13.4 Å². The first-order valence-corrected chi connectivity index (χ1v) is 5.46. The van der Waals surface area contributed by atoms with Crippen molar-refractivity contribution in [2.45, 2.75) is 5.16 Å². The Balaban J connectivity index is 2.37. The lowest BCUT2D eigenvalue weighted by molar-refractivity contribution is 0.413. The van der Waals surface area contributed by atoms with E-state index in [2.05, 4.69) is 21.6 Å². The molecule has 0 bridgehead atoms. The van der Waals surface area contributed by atoms with Gasteiger partial charge in [-0.05, 0) is 34.9 Å². The molecule has 1 heterocycles. The third-order valence-electron chi connectivity index (χ3n) is 1.86. The first-order chi connectivity index (χ1) is 7.35. The van der Waals surface area contributed by atoms with Gasteiger partial charge in [0.15, 0.2) is 0 Å². The molecule has 0 saturated carbocycles. The molecule has 2 aromatic rings. The average molecular weight is 221 g/mol. The predicted molar refractivity (Wildman–Crippen MR) is 56.3 cm³/mol. The van der Waals surface area contributed by atoms with Gasteiger partial charge in [-0.1, -0.05) is 11.8 Å². The van der Waals surface area contributed by atoms with Crippen molar-refractivity contribution in [2.24, 2.45) is 0 Å². The summed E-state index contributed by atoms with van der Waals surface area (Å²) in [6.45, 7) is 0. The molecule has 2 rings (SSSR count). The summed E-state index contributed by atoms with van der Waals surface area (Å²) in [6.07, 6.45) is 1.93. The molecule has 0 saturated heterocycles. The standard InChI is InChI=1S/C9H9N4OS/c1-14-8-5-3-7(4-6-8)13-9(15-2)10-11-12-13/h3-5H,1-2H3. The van der Waals surface area contributed by atoms with Crippen LogP contribution in [-0.4, -0.2) is 33.6 Å². The summed E-state index contributed by atoms with van der Waals surface area (Å²) in [5.74, 6) is 0.692. The average Bonchev–Trinajstić information content (AvgIpc) is 2.77. The number of hydrogen-bond donors (Lipinski definition) is 0. The molecule has 0 aliphatic heterocycles. The molecule has 15 heavy (non-hydrogen) atoms. The number of benzene rings is 1. The van der Waals surface area contributed by atoms with E-state index in [0.717, 1.165) is 10.8 Å². The van der Waals surface area contributed by atoms with Crippen LogP contribution in [0.5, 0.6) is 5.75 Å². The van der Waals surface area contributed by atoms with E-state index in [9.17, 15) is 0 Å². The molecule has 5 nitrogen and oxygen atoms in total. The normalized spacial score (nSPS) is 10.3. The lowest BCUT2D eigenvalue weighted by atomic mass is 10.3. The van der Waals surface area contributed by atoms with Crippen molar-refractivity contribution in [3.63, 3.8) is 0 Å². The Hall–Kier alpha value is -1.56. The van der Waals surface area contributed by atoms with Gasteiger partial charge in [0.25, 0.3) is 0 Å². The van der Waals surface area contributed by atoms with Gasteiger partial charge in [0.1, 0.15) is 5.75 Å². The van der Waals surface area contributed by atoms with Crippen LogP contribution in [0.2, 0.25) is 0 Å². The highest BCUT2D eigenvalue weighted by atomic mass is 32.2. The molecule has 0 spiro atoms. The fraction of sp³-hybridized carbons (Fsp3) is 0.222. The van der Waals surface area contributed by atoms with Crippen molar-refractivity contribution in [1.29, 1.82) is 0 Å². The lowest BCUT2D eigenvalue weighted by Crippen LogP contribution is -1.98. The number of methoxy groups -OCH3 is 1. The van der Waals surface area contributed by atoms with Crippen molar-refractivity contribution >= 4 is 11.8 Å². The van der Waals surface area contributed by atoms with Crippen LogP contribution in [0.25, 0.3) is 5.69 Å². The first-order valence-electron chi connectivity index (χ1n) is 4.23. The van der Waals surface area contributed by atoms with E-state index in [1.807, 2.05) is 18.4 Å². The Labute approximate surface area is 91.4 Å². The minimum Gasteiger partial charge on any atom is -0.496 e. The SMILES string of the molecule is COc1[c]cc(-n2nnnc2SC)cc1. The first kappa shape index (κ1) is 9.97. The molecule has 0 fully saturated rings. The van der Waals surface area contributed by atoms with Crippen LogP contribution < -0.4 is 4.74 Å². The van der Waals surface area contributed by atoms with Crippen LogP contribution in [0.15, 0.2) is 23.4 Å². The van der Waals surface area contributed by atoms with Crippen LogP contribution in [0.4, 0.5) is 0 Å². The molecule has 77 valence electrons. The van der Waals surface area contributed by atoms with Gasteiger partial charge in [-0.3, -0.25) is 0 Å². The minimum atomic E-state index is 0.692. The zero-order valence-electron chi connectivity index (χ0n) is 8.34. The maximum Gasteiger partial charge on any atom is 0.213 e. The second kappa shape index (κ2) is 4.31. The van der Waals surface area contributed by atoms with Crippen molar-refractivity contribution in [1.82, 2.24) is 20.2 Å². The molecule has 0 N–H and O–H groups in total. The second-order valence-electron chi connectivity index (χ2n) is 2.69. The Morgan fingerprint density at radius 3 is 2.93 bits per heavy atom. The summed E-state index contributed by atoms with van der Waals surface area (Å²) in [5, 5.41) is 12.1. The van der Waals surface area contributed by atoms with Gasteiger partial charge in [-0.15, -0.1) is 5.10 Å². The molecular weight excluding hydrogens is 212 g/mol. The van der Waals surface area contributed by atoms with Crippen LogP contribution in [0, 0.1) is 6.07 Å². The Morgan fingerprint density at radius 2 is 2.33 bits per heavy atom. The fourth-order valence-electron chi connectivity index (χ4n) is 1.13. The molecule has 0 unspecified atom stereocenters. The van der Waals surface area contributed by atoms with E-state index in [0.29, 0.717) is 5.75 Å². The van der Waals surface area contributed by atoms with Crippen molar-refractivity contribution in [3.8, 4) is 11.4 Å². The zero-order valence-corrected chi connectivity index (χ0v) is 9.15. The lowest BCUT2D eigenvalue weighted by Gasteiger charge is -2.03. The van der Waals surface area contributed by atoms with E-state index < -0.39 is 0 Å². The second-order valence-corrected chi connectivity index (χ2v) is 3.47. The van der Waals surface area contributed by atoms with Crippen LogP contribution in [0.3, 0.4) is 0 Å². The predicted octanol–water partition coefficient (Wildman–Crippen LogP) is 1.19. The van der Waals surface area contributed by atoms with Gasteiger partial charge in [-0.25, -0.2) is 0 Å². The third-order valence-corrected chi connectivity index (χ3v) is 2.48. The van der Waals surface area contributed by atoms with Gasteiger partial charge in [-0.2, -0.15) is 4.68 Å². The maximum absolute atomic E-state index is 5.02. The van der Waals surface area contributed by atoms with Gasteiger partial charge < -0.3 is 4.74 Å². The summed E-state index contributed by atoms with van der Waals surface area (Å²) >= 11 is 1.49. The minimum absolute atomic E-state index is 0.692. The summed E-state index contributed by atoms with van der Waals surface area (Å²) in [7, 11) is 1.61. The highest BCUT2D eigenvalue weighted by Gasteiger charge is 2.06. The van der Waals surface area contributed by atoms with Crippen molar-refractivity contribution in [3.05, 3.63) is 24.3 Å². The van der Waals surface area contributed by atoms with E-state index >= 15 is 0 Å². The number of ether oxygens (including phenoxy) is 1. The van der Waals surface area contributed by atoms with E-state index in [1.165, 1.54) is 11.8 Å². The monoisotopic (exact) mass is 221 g/mol. The number of thioether (sulfide) groups is 1. The molecule has 1 radical (unpaired) electrons. The van der Waals surface area contributed by atoms with Crippen LogP contribution in [-0.2, 0) is 0 Å². The van der Waals surface area contributed by atoms with E-state index in [-0.39, 0.29) is 0 Å². The largest absolute Gasteiger partial charge is 0.496 e. The smallest absolute Gasteiger partial charge is 0.213 e. The van der Waals surface area contributed by atoms with Crippen LogP contribution in [0.1, 0.15) is 0 Å². The molecular formula is C9H9N4OS.